The van der Waals surface area contributed by atoms with Crippen molar-refractivity contribution in [3.63, 3.8) is 0 Å². The molecule has 0 aromatic carbocycles. The number of fused-ring (bicyclic) bond motifs is 1. The summed E-state index contributed by atoms with van der Waals surface area (Å²) in [6.45, 7) is 3.50. The maximum Gasteiger partial charge on any atom is 0.417 e. The molecule has 0 radical (unpaired) electrons. The molecule has 0 saturated carbocycles. The Hall–Kier alpha value is -1.21. The Labute approximate surface area is 110 Å². The molecule has 0 bridgehead atoms. The van der Waals surface area contributed by atoms with Gasteiger partial charge in [0.2, 0.25) is 0 Å². The normalized spacial score (nSPS) is 12.0. The number of nitrogens with zero attached hydrogens (tertiary/aromatic N) is 3. The van der Waals surface area contributed by atoms with Crippen molar-refractivity contribution in [1.29, 1.82) is 0 Å². The summed E-state index contributed by atoms with van der Waals surface area (Å²) in [5.41, 5.74) is -0.396. The number of pyridine rings is 1. The molecule has 2 rings (SSSR count). The van der Waals surface area contributed by atoms with Crippen LogP contribution in [0.4, 0.5) is 13.2 Å². The number of alkyl halides is 3. The van der Waals surface area contributed by atoms with Gasteiger partial charge >= 0.3 is 6.18 Å². The van der Waals surface area contributed by atoms with Gasteiger partial charge in [-0.3, -0.25) is 4.40 Å². The smallest absolute Gasteiger partial charge is 0.277 e. The van der Waals surface area contributed by atoms with E-state index in [1.165, 1.54) is 22.2 Å². The van der Waals surface area contributed by atoms with Crippen LogP contribution in [0.2, 0.25) is 0 Å². The van der Waals surface area contributed by atoms with Gasteiger partial charge in [-0.05, 0) is 12.1 Å². The molecule has 3 nitrogen and oxygen atoms in total. The zero-order valence-electron chi connectivity index (χ0n) is 8.91. The summed E-state index contributed by atoms with van der Waals surface area (Å²) in [4.78, 5) is 0. The molecule has 2 aromatic heterocycles. The first-order chi connectivity index (χ1) is 8.38. The van der Waals surface area contributed by atoms with Crippen LogP contribution < -0.4 is 0 Å². The van der Waals surface area contributed by atoms with E-state index in [-0.39, 0.29) is 0 Å². The van der Waals surface area contributed by atoms with Crippen LogP contribution in [-0.4, -0.2) is 20.4 Å². The molecule has 0 aliphatic heterocycles. The summed E-state index contributed by atoms with van der Waals surface area (Å²) in [5.74, 6) is 0.360. The second-order valence-corrected chi connectivity index (χ2v) is 4.91. The van der Waals surface area contributed by atoms with Gasteiger partial charge < -0.3 is 0 Å². The van der Waals surface area contributed by atoms with Gasteiger partial charge in [0.15, 0.2) is 10.8 Å². The molecule has 0 aliphatic carbocycles. The van der Waals surface area contributed by atoms with Gasteiger partial charge in [0.05, 0.1) is 5.56 Å². The lowest BCUT2D eigenvalue weighted by Crippen LogP contribution is -2.06. The molecule has 8 heteroatoms. The summed E-state index contributed by atoms with van der Waals surface area (Å²) in [6.07, 6.45) is -3.43. The Bertz CT molecular complexity index is 594. The van der Waals surface area contributed by atoms with Crippen LogP contribution in [0, 0.1) is 0 Å². The molecular formula is C10H7ClF3N3S. The number of aromatic nitrogens is 3. The highest BCUT2D eigenvalue weighted by Gasteiger charge is 2.31. The number of hydrogen-bond donors (Lipinski definition) is 0. The third-order valence-corrected chi connectivity index (χ3v) is 3.38. The van der Waals surface area contributed by atoms with Crippen molar-refractivity contribution in [1.82, 2.24) is 14.6 Å². The first kappa shape index (κ1) is 13.2. The molecule has 0 atom stereocenters. The maximum atomic E-state index is 12.6. The fourth-order valence-electron chi connectivity index (χ4n) is 1.28. The second-order valence-electron chi connectivity index (χ2n) is 3.43. The van der Waals surface area contributed by atoms with E-state index in [9.17, 15) is 13.2 Å². The van der Waals surface area contributed by atoms with E-state index in [1.807, 2.05) is 0 Å². The molecule has 0 spiro atoms. The molecule has 0 fully saturated rings. The standard InChI is InChI=1S/C10H7ClF3N3S/c1-6(11)5-18-9-16-15-8-3-2-7(4-17(8)9)10(12,13)14/h2-4H,1,5H2. The van der Waals surface area contributed by atoms with Crippen molar-refractivity contribution in [2.75, 3.05) is 5.75 Å². The Morgan fingerprint density at radius 2 is 2.11 bits per heavy atom. The molecule has 0 amide bonds. The molecule has 2 heterocycles. The highest BCUT2D eigenvalue weighted by atomic mass is 35.5. The van der Waals surface area contributed by atoms with Crippen molar-refractivity contribution in [2.45, 2.75) is 11.3 Å². The minimum Gasteiger partial charge on any atom is -0.277 e. The van der Waals surface area contributed by atoms with E-state index in [2.05, 4.69) is 16.8 Å². The molecular weight excluding hydrogens is 287 g/mol. The first-order valence-electron chi connectivity index (χ1n) is 4.76. The van der Waals surface area contributed by atoms with Gasteiger partial charge in [-0.1, -0.05) is 29.9 Å². The highest BCUT2D eigenvalue weighted by Crippen LogP contribution is 2.30. The fraction of sp³-hybridized carbons (Fsp3) is 0.200. The van der Waals surface area contributed by atoms with Crippen LogP contribution in [-0.2, 0) is 6.18 Å². The Morgan fingerprint density at radius 1 is 1.39 bits per heavy atom. The van der Waals surface area contributed by atoms with Crippen molar-refractivity contribution in [2.24, 2.45) is 0 Å². The third kappa shape index (κ3) is 2.78. The molecule has 18 heavy (non-hydrogen) atoms. The predicted octanol–water partition coefficient (Wildman–Crippen LogP) is 3.59. The Kier molecular flexibility index (Phi) is 3.54. The van der Waals surface area contributed by atoms with Crippen molar-refractivity contribution < 1.29 is 13.2 Å². The lowest BCUT2D eigenvalue weighted by atomic mass is 10.3. The molecule has 0 aliphatic rings. The lowest BCUT2D eigenvalue weighted by Gasteiger charge is -2.07. The predicted molar refractivity (Wildman–Crippen MR) is 63.7 cm³/mol. The van der Waals surface area contributed by atoms with Crippen molar-refractivity contribution in [3.8, 4) is 0 Å². The van der Waals surface area contributed by atoms with E-state index in [0.717, 1.165) is 12.3 Å². The summed E-state index contributed by atoms with van der Waals surface area (Å²) in [5, 5.41) is 8.31. The topological polar surface area (TPSA) is 30.2 Å². The van der Waals surface area contributed by atoms with E-state index >= 15 is 0 Å². The number of rotatable bonds is 3. The summed E-state index contributed by atoms with van der Waals surface area (Å²) in [7, 11) is 0. The van der Waals surface area contributed by atoms with Crippen molar-refractivity contribution in [3.05, 3.63) is 35.5 Å². The minimum atomic E-state index is -4.39. The van der Waals surface area contributed by atoms with Gasteiger partial charge in [-0.25, -0.2) is 0 Å². The largest absolute Gasteiger partial charge is 0.417 e. The first-order valence-corrected chi connectivity index (χ1v) is 6.12. The van der Waals surface area contributed by atoms with Crippen LogP contribution in [0.1, 0.15) is 5.56 Å². The number of thioether (sulfide) groups is 1. The third-order valence-electron chi connectivity index (χ3n) is 2.06. The minimum absolute atomic E-state index is 0.345. The zero-order valence-corrected chi connectivity index (χ0v) is 10.5. The molecule has 2 aromatic rings. The summed E-state index contributed by atoms with van der Waals surface area (Å²) < 4.78 is 39.0. The Balaban J connectivity index is 2.40. The molecule has 96 valence electrons. The van der Waals surface area contributed by atoms with Gasteiger partial charge in [-0.15, -0.1) is 10.2 Å². The van der Waals surface area contributed by atoms with Crippen LogP contribution in [0.5, 0.6) is 0 Å². The highest BCUT2D eigenvalue weighted by molar-refractivity contribution is 7.99. The van der Waals surface area contributed by atoms with Gasteiger partial charge in [0, 0.05) is 17.0 Å². The quantitative estimate of drug-likeness (QED) is 0.810. The van der Waals surface area contributed by atoms with Crippen LogP contribution in [0.25, 0.3) is 5.65 Å². The zero-order chi connectivity index (χ0) is 13.3. The van der Waals surface area contributed by atoms with Gasteiger partial charge in [0.25, 0.3) is 0 Å². The number of halogens is 4. The van der Waals surface area contributed by atoms with Crippen molar-refractivity contribution >= 4 is 29.0 Å². The van der Waals surface area contributed by atoms with E-state index in [0.29, 0.717) is 21.6 Å². The maximum absolute atomic E-state index is 12.6. The Morgan fingerprint density at radius 3 is 2.72 bits per heavy atom. The van der Waals surface area contributed by atoms with Crippen LogP contribution in [0.15, 0.2) is 35.1 Å². The lowest BCUT2D eigenvalue weighted by molar-refractivity contribution is -0.137. The SMILES string of the molecule is C=C(Cl)CSc1nnc2ccc(C(F)(F)F)cn12. The van der Waals surface area contributed by atoms with Gasteiger partial charge in [-0.2, -0.15) is 13.2 Å². The molecule has 0 N–H and O–H groups in total. The fourth-order valence-corrected chi connectivity index (χ4v) is 2.11. The number of hydrogen-bond acceptors (Lipinski definition) is 3. The van der Waals surface area contributed by atoms with E-state index < -0.39 is 11.7 Å². The monoisotopic (exact) mass is 293 g/mol. The summed E-state index contributed by atoms with van der Waals surface area (Å²) >= 11 is 6.77. The second kappa shape index (κ2) is 4.81. The summed E-state index contributed by atoms with van der Waals surface area (Å²) in [6, 6.07) is 2.24. The van der Waals surface area contributed by atoms with E-state index in [4.69, 9.17) is 11.6 Å². The average molecular weight is 294 g/mol. The van der Waals surface area contributed by atoms with Crippen LogP contribution >= 0.6 is 23.4 Å². The van der Waals surface area contributed by atoms with Crippen LogP contribution in [0.3, 0.4) is 0 Å². The molecule has 0 saturated heterocycles. The molecule has 0 unspecified atom stereocenters. The average Bonchev–Trinajstić information content (AvgIpc) is 2.67. The van der Waals surface area contributed by atoms with E-state index in [1.54, 1.807) is 0 Å². The van der Waals surface area contributed by atoms with Gasteiger partial charge in [0.1, 0.15) is 0 Å².